The summed E-state index contributed by atoms with van der Waals surface area (Å²) in [5.41, 5.74) is 7.53. The average molecular weight is 224 g/mol. The molecule has 1 aromatic rings. The Kier molecular flexibility index (Phi) is 5.04. The third-order valence-electron chi connectivity index (χ3n) is 2.01. The fraction of sp³-hybridized carbons (Fsp3) is 0.364. The van der Waals surface area contributed by atoms with E-state index in [-0.39, 0.29) is 5.84 Å². The maximum atomic E-state index is 8.64. The molecule has 0 aliphatic rings. The second kappa shape index (κ2) is 6.35. The lowest BCUT2D eigenvalue weighted by atomic mass is 10.1. The third-order valence-corrected chi connectivity index (χ3v) is 3.22. The van der Waals surface area contributed by atoms with E-state index in [0.29, 0.717) is 0 Å². The number of nitrogens with two attached hydrogens (primary N) is 1. The Morgan fingerprint density at radius 2 is 2.20 bits per heavy atom. The molecule has 82 valence electrons. The first kappa shape index (κ1) is 11.9. The lowest BCUT2D eigenvalue weighted by molar-refractivity contribution is 0.318. The molecule has 4 heteroatoms. The molecular formula is C11H16N2OS. The normalized spacial score (nSPS) is 11.7. The second-order valence-electron chi connectivity index (χ2n) is 3.19. The Balaban J connectivity index is 2.77. The number of benzene rings is 1. The number of thioether (sulfide) groups is 1. The van der Waals surface area contributed by atoms with Crippen LogP contribution in [0, 0.1) is 0 Å². The summed E-state index contributed by atoms with van der Waals surface area (Å²) < 4.78 is 0. The number of amidine groups is 1. The standard InChI is InChI=1S/C11H16N2OS/c1-2-7-15-8-9-5-3-4-6-10(9)11(12)13-14/h3-6,14H,2,7-8H2,1H3,(H2,12,13). The van der Waals surface area contributed by atoms with Crippen LogP contribution in [0.3, 0.4) is 0 Å². The molecule has 0 aliphatic heterocycles. The van der Waals surface area contributed by atoms with Crippen molar-refractivity contribution in [2.45, 2.75) is 19.1 Å². The summed E-state index contributed by atoms with van der Waals surface area (Å²) in [4.78, 5) is 0. The highest BCUT2D eigenvalue weighted by Gasteiger charge is 2.05. The van der Waals surface area contributed by atoms with Crippen molar-refractivity contribution in [3.05, 3.63) is 35.4 Å². The molecule has 0 unspecified atom stereocenters. The Hall–Kier alpha value is -1.16. The second-order valence-corrected chi connectivity index (χ2v) is 4.30. The van der Waals surface area contributed by atoms with E-state index in [9.17, 15) is 0 Å². The molecule has 0 bridgehead atoms. The molecule has 0 aromatic heterocycles. The van der Waals surface area contributed by atoms with Gasteiger partial charge in [0.2, 0.25) is 0 Å². The maximum Gasteiger partial charge on any atom is 0.170 e. The number of rotatable bonds is 5. The minimum Gasteiger partial charge on any atom is -0.409 e. The van der Waals surface area contributed by atoms with Crippen LogP contribution in [0.25, 0.3) is 0 Å². The summed E-state index contributed by atoms with van der Waals surface area (Å²) in [6.45, 7) is 2.16. The Labute approximate surface area is 94.4 Å². The van der Waals surface area contributed by atoms with Gasteiger partial charge in [-0.2, -0.15) is 11.8 Å². The summed E-state index contributed by atoms with van der Waals surface area (Å²) in [6, 6.07) is 7.74. The van der Waals surface area contributed by atoms with Crippen molar-refractivity contribution in [1.82, 2.24) is 0 Å². The van der Waals surface area contributed by atoms with E-state index in [1.807, 2.05) is 36.0 Å². The molecule has 0 amide bonds. The first-order valence-electron chi connectivity index (χ1n) is 4.93. The van der Waals surface area contributed by atoms with Crippen molar-refractivity contribution < 1.29 is 5.21 Å². The highest BCUT2D eigenvalue weighted by atomic mass is 32.2. The lowest BCUT2D eigenvalue weighted by Gasteiger charge is -2.07. The fourth-order valence-corrected chi connectivity index (χ4v) is 2.18. The van der Waals surface area contributed by atoms with Gasteiger partial charge in [-0.15, -0.1) is 0 Å². The predicted molar refractivity (Wildman–Crippen MR) is 65.4 cm³/mol. The van der Waals surface area contributed by atoms with Crippen LogP contribution in [0.1, 0.15) is 24.5 Å². The van der Waals surface area contributed by atoms with Gasteiger partial charge < -0.3 is 10.9 Å². The van der Waals surface area contributed by atoms with E-state index in [2.05, 4.69) is 12.1 Å². The van der Waals surface area contributed by atoms with Gasteiger partial charge in [-0.3, -0.25) is 0 Å². The molecule has 1 rings (SSSR count). The van der Waals surface area contributed by atoms with Crippen LogP contribution in [-0.2, 0) is 5.75 Å². The van der Waals surface area contributed by atoms with Gasteiger partial charge in [0.25, 0.3) is 0 Å². The van der Waals surface area contributed by atoms with Gasteiger partial charge in [-0.1, -0.05) is 36.3 Å². The van der Waals surface area contributed by atoms with Crippen molar-refractivity contribution in [3.8, 4) is 0 Å². The van der Waals surface area contributed by atoms with Crippen LogP contribution < -0.4 is 5.73 Å². The summed E-state index contributed by atoms with van der Waals surface area (Å²) in [5.74, 6) is 2.22. The largest absolute Gasteiger partial charge is 0.409 e. The number of hydrogen-bond acceptors (Lipinski definition) is 3. The van der Waals surface area contributed by atoms with Crippen LogP contribution in [0.2, 0.25) is 0 Å². The first-order chi connectivity index (χ1) is 7.29. The van der Waals surface area contributed by atoms with Crippen LogP contribution in [-0.4, -0.2) is 16.8 Å². The SMILES string of the molecule is CCCSCc1ccccc1/C(N)=N/O. The Morgan fingerprint density at radius 3 is 2.87 bits per heavy atom. The topological polar surface area (TPSA) is 58.6 Å². The zero-order valence-electron chi connectivity index (χ0n) is 8.81. The Morgan fingerprint density at radius 1 is 1.47 bits per heavy atom. The molecular weight excluding hydrogens is 208 g/mol. The van der Waals surface area contributed by atoms with Gasteiger partial charge in [0.1, 0.15) is 0 Å². The van der Waals surface area contributed by atoms with Gasteiger partial charge in [0.05, 0.1) is 0 Å². The van der Waals surface area contributed by atoms with E-state index in [4.69, 9.17) is 10.9 Å². The molecule has 3 N–H and O–H groups in total. The minimum atomic E-state index is 0.183. The highest BCUT2D eigenvalue weighted by molar-refractivity contribution is 7.98. The number of oxime groups is 1. The van der Waals surface area contributed by atoms with Crippen molar-refractivity contribution in [2.24, 2.45) is 10.9 Å². The predicted octanol–water partition coefficient (Wildman–Crippen LogP) is 2.42. The average Bonchev–Trinajstić information content (AvgIpc) is 2.29. The molecule has 0 saturated carbocycles. The van der Waals surface area contributed by atoms with Gasteiger partial charge >= 0.3 is 0 Å². The molecule has 0 atom stereocenters. The van der Waals surface area contributed by atoms with Crippen LogP contribution in [0.4, 0.5) is 0 Å². The molecule has 0 saturated heterocycles. The Bertz CT molecular complexity index is 339. The monoisotopic (exact) mass is 224 g/mol. The first-order valence-corrected chi connectivity index (χ1v) is 6.08. The van der Waals surface area contributed by atoms with Crippen LogP contribution in [0.15, 0.2) is 29.4 Å². The quantitative estimate of drug-likeness (QED) is 0.265. The van der Waals surface area contributed by atoms with Crippen LogP contribution >= 0.6 is 11.8 Å². The molecule has 15 heavy (non-hydrogen) atoms. The number of nitrogens with zero attached hydrogens (tertiary/aromatic N) is 1. The van der Waals surface area contributed by atoms with E-state index in [1.165, 1.54) is 0 Å². The fourth-order valence-electron chi connectivity index (χ4n) is 1.28. The summed E-state index contributed by atoms with van der Waals surface area (Å²) in [7, 11) is 0. The van der Waals surface area contributed by atoms with Gasteiger partial charge in [-0.05, 0) is 17.7 Å². The summed E-state index contributed by atoms with van der Waals surface area (Å²) in [5, 5.41) is 11.7. The van der Waals surface area contributed by atoms with Gasteiger partial charge in [0, 0.05) is 11.3 Å². The molecule has 3 nitrogen and oxygen atoms in total. The number of hydrogen-bond donors (Lipinski definition) is 2. The molecule has 1 aromatic carbocycles. The summed E-state index contributed by atoms with van der Waals surface area (Å²) in [6.07, 6.45) is 1.16. The van der Waals surface area contributed by atoms with Crippen LogP contribution in [0.5, 0.6) is 0 Å². The molecule has 0 heterocycles. The minimum absolute atomic E-state index is 0.183. The van der Waals surface area contributed by atoms with Gasteiger partial charge in [0.15, 0.2) is 5.84 Å². The highest BCUT2D eigenvalue weighted by Crippen LogP contribution is 2.16. The zero-order valence-corrected chi connectivity index (χ0v) is 9.63. The van der Waals surface area contributed by atoms with Crippen molar-refractivity contribution in [2.75, 3.05) is 5.75 Å². The van der Waals surface area contributed by atoms with Crippen molar-refractivity contribution in [1.29, 1.82) is 0 Å². The molecule has 0 radical (unpaired) electrons. The van der Waals surface area contributed by atoms with E-state index in [0.717, 1.165) is 29.1 Å². The van der Waals surface area contributed by atoms with Gasteiger partial charge in [-0.25, -0.2) is 0 Å². The van der Waals surface area contributed by atoms with Crippen molar-refractivity contribution >= 4 is 17.6 Å². The van der Waals surface area contributed by atoms with Crippen molar-refractivity contribution in [3.63, 3.8) is 0 Å². The van der Waals surface area contributed by atoms with E-state index in [1.54, 1.807) is 0 Å². The smallest absolute Gasteiger partial charge is 0.170 e. The third kappa shape index (κ3) is 3.47. The lowest BCUT2D eigenvalue weighted by Crippen LogP contribution is -2.15. The molecule has 0 fully saturated rings. The van der Waals surface area contributed by atoms with E-state index >= 15 is 0 Å². The van der Waals surface area contributed by atoms with E-state index < -0.39 is 0 Å². The summed E-state index contributed by atoms with van der Waals surface area (Å²) >= 11 is 1.86. The molecule has 0 aliphatic carbocycles. The zero-order chi connectivity index (χ0) is 11.1. The maximum absolute atomic E-state index is 8.64. The molecule has 0 spiro atoms.